The van der Waals surface area contributed by atoms with Crippen molar-refractivity contribution in [3.63, 3.8) is 0 Å². The van der Waals surface area contributed by atoms with Gasteiger partial charge in [0.15, 0.2) is 12.2 Å². The van der Waals surface area contributed by atoms with E-state index in [0.29, 0.717) is 5.92 Å². The van der Waals surface area contributed by atoms with Crippen molar-refractivity contribution in [1.29, 1.82) is 0 Å². The van der Waals surface area contributed by atoms with Gasteiger partial charge in [-0.3, -0.25) is 0 Å². The van der Waals surface area contributed by atoms with Crippen molar-refractivity contribution in [1.82, 2.24) is 0 Å². The van der Waals surface area contributed by atoms with E-state index in [4.69, 9.17) is 14.2 Å². The highest BCUT2D eigenvalue weighted by Crippen LogP contribution is 2.46. The van der Waals surface area contributed by atoms with Gasteiger partial charge in [-0.05, 0) is 18.8 Å². The van der Waals surface area contributed by atoms with Crippen LogP contribution in [0.5, 0.6) is 0 Å². The van der Waals surface area contributed by atoms with Gasteiger partial charge in [0.25, 0.3) is 0 Å². The molecule has 0 aromatic carbocycles. The number of carbonyl (C=O) groups is 1. The predicted octanol–water partition coefficient (Wildman–Crippen LogP) is 1.48. The summed E-state index contributed by atoms with van der Waals surface area (Å²) in [4.78, 5) is 10.9. The Morgan fingerprint density at radius 1 is 1.29 bits per heavy atom. The first-order chi connectivity index (χ1) is 6.79. The standard InChI is InChI=1S/C10H14O4/c1-2-3-5-4-6-8-9(7(5)12-6)14-10(11)13-8/h5-9H,2-4H2,1H3. The van der Waals surface area contributed by atoms with Crippen LogP contribution in [0.4, 0.5) is 4.79 Å². The summed E-state index contributed by atoms with van der Waals surface area (Å²) in [5.41, 5.74) is 0. The molecule has 0 amide bonds. The van der Waals surface area contributed by atoms with Gasteiger partial charge < -0.3 is 14.2 Å². The largest absolute Gasteiger partial charge is 0.509 e. The molecule has 14 heavy (non-hydrogen) atoms. The van der Waals surface area contributed by atoms with E-state index in [-0.39, 0.29) is 24.4 Å². The first kappa shape index (κ1) is 8.53. The Morgan fingerprint density at radius 2 is 2.07 bits per heavy atom. The number of hydrogen-bond acceptors (Lipinski definition) is 4. The van der Waals surface area contributed by atoms with Crippen LogP contribution >= 0.6 is 0 Å². The van der Waals surface area contributed by atoms with Gasteiger partial charge in [-0.25, -0.2) is 4.79 Å². The van der Waals surface area contributed by atoms with E-state index in [1.807, 2.05) is 0 Å². The van der Waals surface area contributed by atoms with Gasteiger partial charge in [0.2, 0.25) is 0 Å². The molecule has 3 fully saturated rings. The Bertz CT molecular complexity index is 265. The molecule has 5 unspecified atom stereocenters. The minimum absolute atomic E-state index is 0.0907. The van der Waals surface area contributed by atoms with Gasteiger partial charge in [-0.15, -0.1) is 0 Å². The van der Waals surface area contributed by atoms with Crippen LogP contribution in [0.25, 0.3) is 0 Å². The molecule has 3 aliphatic rings. The summed E-state index contributed by atoms with van der Waals surface area (Å²) in [6.07, 6.45) is 2.75. The summed E-state index contributed by atoms with van der Waals surface area (Å²) >= 11 is 0. The molecule has 0 radical (unpaired) electrons. The zero-order valence-electron chi connectivity index (χ0n) is 8.14. The van der Waals surface area contributed by atoms with Gasteiger partial charge in [0.05, 0.1) is 6.10 Å². The van der Waals surface area contributed by atoms with Crippen LogP contribution in [0.2, 0.25) is 0 Å². The second-order valence-electron chi connectivity index (χ2n) is 4.34. The van der Waals surface area contributed by atoms with E-state index in [1.54, 1.807) is 0 Å². The molecule has 0 N–H and O–H groups in total. The summed E-state index contributed by atoms with van der Waals surface area (Å²) in [6, 6.07) is 0. The molecule has 4 heteroatoms. The van der Waals surface area contributed by atoms with Crippen molar-refractivity contribution < 1.29 is 19.0 Å². The molecular formula is C10H14O4. The molecule has 5 atom stereocenters. The number of fused-ring (bicyclic) bond motifs is 5. The average molecular weight is 198 g/mol. The topological polar surface area (TPSA) is 44.8 Å². The summed E-state index contributed by atoms with van der Waals surface area (Å²) in [6.45, 7) is 2.17. The minimum Gasteiger partial charge on any atom is -0.424 e. The lowest BCUT2D eigenvalue weighted by atomic mass is 9.83. The van der Waals surface area contributed by atoms with Gasteiger partial charge in [-0.1, -0.05) is 13.3 Å². The van der Waals surface area contributed by atoms with E-state index in [2.05, 4.69) is 6.92 Å². The van der Waals surface area contributed by atoms with E-state index in [9.17, 15) is 4.79 Å². The van der Waals surface area contributed by atoms with Crippen LogP contribution in [-0.2, 0) is 14.2 Å². The fraction of sp³-hybridized carbons (Fsp3) is 0.900. The van der Waals surface area contributed by atoms with E-state index in [1.165, 1.54) is 0 Å². The highest BCUT2D eigenvalue weighted by Gasteiger charge is 2.60. The zero-order chi connectivity index (χ0) is 9.71. The number of carbonyl (C=O) groups excluding carboxylic acids is 1. The molecular weight excluding hydrogens is 184 g/mol. The van der Waals surface area contributed by atoms with Gasteiger partial charge in [0, 0.05) is 0 Å². The van der Waals surface area contributed by atoms with Crippen molar-refractivity contribution in [3.8, 4) is 0 Å². The van der Waals surface area contributed by atoms with Crippen molar-refractivity contribution in [2.75, 3.05) is 0 Å². The Balaban J connectivity index is 1.76. The quantitative estimate of drug-likeness (QED) is 0.630. The van der Waals surface area contributed by atoms with Crippen molar-refractivity contribution in [2.24, 2.45) is 5.92 Å². The molecule has 78 valence electrons. The molecule has 0 saturated carbocycles. The zero-order valence-corrected chi connectivity index (χ0v) is 8.14. The SMILES string of the molecule is CCCC1CC2OC1C1OC(=O)OC21. The highest BCUT2D eigenvalue weighted by molar-refractivity contribution is 5.63. The first-order valence-corrected chi connectivity index (χ1v) is 5.32. The molecule has 2 bridgehead atoms. The molecule has 3 rings (SSSR count). The lowest BCUT2D eigenvalue weighted by Crippen LogP contribution is -2.39. The van der Waals surface area contributed by atoms with Gasteiger partial charge in [-0.2, -0.15) is 0 Å². The fourth-order valence-electron chi connectivity index (χ4n) is 2.94. The maximum atomic E-state index is 10.9. The van der Waals surface area contributed by atoms with Crippen molar-refractivity contribution >= 4 is 6.16 Å². The van der Waals surface area contributed by atoms with Crippen LogP contribution in [0.1, 0.15) is 26.2 Å². The summed E-state index contributed by atoms with van der Waals surface area (Å²) < 4.78 is 15.9. The van der Waals surface area contributed by atoms with Gasteiger partial charge >= 0.3 is 6.16 Å². The van der Waals surface area contributed by atoms with Crippen molar-refractivity contribution in [3.05, 3.63) is 0 Å². The molecule has 0 aromatic heterocycles. The summed E-state index contributed by atoms with van der Waals surface area (Å²) in [7, 11) is 0. The highest BCUT2D eigenvalue weighted by atomic mass is 16.8. The third-order valence-electron chi connectivity index (χ3n) is 3.47. The average Bonchev–Trinajstić information content (AvgIpc) is 2.74. The predicted molar refractivity (Wildman–Crippen MR) is 46.8 cm³/mol. The Hall–Kier alpha value is -0.770. The lowest BCUT2D eigenvalue weighted by molar-refractivity contribution is 0.00864. The van der Waals surface area contributed by atoms with Crippen LogP contribution in [0, 0.1) is 5.92 Å². The molecule has 0 aliphatic carbocycles. The molecule has 0 spiro atoms. The Labute approximate surface area is 82.5 Å². The summed E-state index contributed by atoms with van der Waals surface area (Å²) in [5.74, 6) is 0.556. The first-order valence-electron chi connectivity index (χ1n) is 5.32. The van der Waals surface area contributed by atoms with E-state index < -0.39 is 6.16 Å². The molecule has 0 aromatic rings. The maximum absolute atomic E-state index is 10.9. The Kier molecular flexibility index (Phi) is 1.74. The van der Waals surface area contributed by atoms with E-state index in [0.717, 1.165) is 19.3 Å². The molecule has 3 saturated heterocycles. The summed E-state index contributed by atoms with van der Waals surface area (Å²) in [5, 5.41) is 0. The van der Waals surface area contributed by atoms with Crippen LogP contribution in [0.15, 0.2) is 0 Å². The smallest absolute Gasteiger partial charge is 0.424 e. The number of ether oxygens (including phenoxy) is 3. The second kappa shape index (κ2) is 2.86. The number of rotatable bonds is 2. The van der Waals surface area contributed by atoms with Crippen LogP contribution in [-0.4, -0.2) is 30.6 Å². The van der Waals surface area contributed by atoms with Crippen LogP contribution < -0.4 is 0 Å². The third-order valence-corrected chi connectivity index (χ3v) is 3.47. The molecule has 3 aliphatic heterocycles. The maximum Gasteiger partial charge on any atom is 0.509 e. The lowest BCUT2D eigenvalue weighted by Gasteiger charge is -2.23. The second-order valence-corrected chi connectivity index (χ2v) is 4.34. The number of hydrogen-bond donors (Lipinski definition) is 0. The fourth-order valence-corrected chi connectivity index (χ4v) is 2.94. The van der Waals surface area contributed by atoms with Crippen molar-refractivity contribution in [2.45, 2.75) is 50.6 Å². The molecule has 3 heterocycles. The van der Waals surface area contributed by atoms with Gasteiger partial charge in [0.1, 0.15) is 6.10 Å². The Morgan fingerprint density at radius 3 is 2.86 bits per heavy atom. The minimum atomic E-state index is -0.518. The normalized spacial score (nSPS) is 48.9. The molecule has 4 nitrogen and oxygen atoms in total. The third kappa shape index (κ3) is 1.00. The monoisotopic (exact) mass is 198 g/mol. The van der Waals surface area contributed by atoms with E-state index >= 15 is 0 Å². The van der Waals surface area contributed by atoms with Crippen LogP contribution in [0.3, 0.4) is 0 Å².